The van der Waals surface area contributed by atoms with E-state index >= 15 is 0 Å². The van der Waals surface area contributed by atoms with E-state index in [0.29, 0.717) is 6.42 Å². The molecular formula is C12H22N2O2. The van der Waals surface area contributed by atoms with Crippen LogP contribution in [0.1, 0.15) is 58.3 Å². The molecule has 0 saturated carbocycles. The van der Waals surface area contributed by atoms with Gasteiger partial charge in [-0.05, 0) is 6.42 Å². The first kappa shape index (κ1) is 13.0. The van der Waals surface area contributed by atoms with E-state index in [1.54, 1.807) is 0 Å². The summed E-state index contributed by atoms with van der Waals surface area (Å²) in [4.78, 5) is 22.4. The smallest absolute Gasteiger partial charge is 0.242 e. The Bertz CT molecular complexity index is 241. The van der Waals surface area contributed by atoms with Crippen molar-refractivity contribution in [3.05, 3.63) is 0 Å². The van der Waals surface area contributed by atoms with Gasteiger partial charge in [0.2, 0.25) is 11.8 Å². The Morgan fingerprint density at radius 3 is 2.50 bits per heavy atom. The molecule has 1 saturated heterocycles. The summed E-state index contributed by atoms with van der Waals surface area (Å²) in [5.74, 6) is -0.219. The van der Waals surface area contributed by atoms with Gasteiger partial charge in [-0.15, -0.1) is 0 Å². The lowest BCUT2D eigenvalue weighted by Gasteiger charge is -2.21. The molecule has 2 N–H and O–H groups in total. The third kappa shape index (κ3) is 4.64. The van der Waals surface area contributed by atoms with Crippen LogP contribution in [0.25, 0.3) is 0 Å². The Kier molecular flexibility index (Phi) is 5.90. The van der Waals surface area contributed by atoms with Gasteiger partial charge in [-0.25, -0.2) is 0 Å². The fourth-order valence-corrected chi connectivity index (χ4v) is 2.01. The lowest BCUT2D eigenvalue weighted by molar-refractivity contribution is -0.138. The van der Waals surface area contributed by atoms with Crippen molar-refractivity contribution < 1.29 is 9.59 Å². The molecule has 0 aromatic heterocycles. The second-order valence-corrected chi connectivity index (χ2v) is 4.49. The Labute approximate surface area is 97.1 Å². The Morgan fingerprint density at radius 2 is 1.75 bits per heavy atom. The number of rotatable bonds is 7. The molecule has 1 unspecified atom stereocenters. The minimum Gasteiger partial charge on any atom is -0.273 e. The molecular weight excluding hydrogens is 204 g/mol. The van der Waals surface area contributed by atoms with Crippen LogP contribution in [0, 0.1) is 5.92 Å². The van der Waals surface area contributed by atoms with E-state index in [2.05, 4.69) is 17.8 Å². The van der Waals surface area contributed by atoms with Gasteiger partial charge in [-0.3, -0.25) is 20.4 Å². The average Bonchev–Trinajstić information content (AvgIpc) is 2.28. The van der Waals surface area contributed by atoms with Crippen molar-refractivity contribution in [3.8, 4) is 0 Å². The molecule has 0 aromatic carbocycles. The zero-order valence-electron chi connectivity index (χ0n) is 10.1. The maximum absolute atomic E-state index is 11.4. The minimum atomic E-state index is -0.111. The molecule has 1 fully saturated rings. The van der Waals surface area contributed by atoms with Gasteiger partial charge >= 0.3 is 0 Å². The highest BCUT2D eigenvalue weighted by molar-refractivity contribution is 5.90. The molecule has 0 aliphatic carbocycles. The predicted molar refractivity (Wildman–Crippen MR) is 62.4 cm³/mol. The molecule has 1 aliphatic rings. The van der Waals surface area contributed by atoms with Gasteiger partial charge in [-0.2, -0.15) is 0 Å². The fourth-order valence-electron chi connectivity index (χ4n) is 2.01. The summed E-state index contributed by atoms with van der Waals surface area (Å²) < 4.78 is 0. The van der Waals surface area contributed by atoms with Gasteiger partial charge in [-0.1, -0.05) is 45.4 Å². The van der Waals surface area contributed by atoms with E-state index in [0.717, 1.165) is 12.8 Å². The zero-order valence-corrected chi connectivity index (χ0v) is 10.1. The van der Waals surface area contributed by atoms with Crippen LogP contribution in [0.5, 0.6) is 0 Å². The van der Waals surface area contributed by atoms with Gasteiger partial charge < -0.3 is 0 Å². The van der Waals surface area contributed by atoms with Crippen LogP contribution in [-0.4, -0.2) is 11.8 Å². The Balaban J connectivity index is 2.07. The van der Waals surface area contributed by atoms with Crippen molar-refractivity contribution in [2.45, 2.75) is 58.3 Å². The first-order chi connectivity index (χ1) is 7.74. The summed E-state index contributed by atoms with van der Waals surface area (Å²) in [6.07, 6.45) is 8.49. The lowest BCUT2D eigenvalue weighted by atomic mass is 9.95. The Hall–Kier alpha value is -1.06. The number of carbonyl (C=O) groups excluding carboxylic acids is 2. The maximum atomic E-state index is 11.4. The van der Waals surface area contributed by atoms with Crippen LogP contribution >= 0.6 is 0 Å². The third-order valence-corrected chi connectivity index (χ3v) is 3.03. The summed E-state index contributed by atoms with van der Waals surface area (Å²) in [5, 5.41) is 0. The topological polar surface area (TPSA) is 58.2 Å². The van der Waals surface area contributed by atoms with Crippen LogP contribution in [-0.2, 0) is 9.59 Å². The molecule has 2 amide bonds. The second-order valence-electron chi connectivity index (χ2n) is 4.49. The van der Waals surface area contributed by atoms with Gasteiger partial charge in [0.25, 0.3) is 0 Å². The zero-order chi connectivity index (χ0) is 11.8. The van der Waals surface area contributed by atoms with Gasteiger partial charge in [0.15, 0.2) is 0 Å². The van der Waals surface area contributed by atoms with Crippen molar-refractivity contribution >= 4 is 11.8 Å². The van der Waals surface area contributed by atoms with Gasteiger partial charge in [0.05, 0.1) is 0 Å². The summed E-state index contributed by atoms with van der Waals surface area (Å²) in [6, 6.07) is 0. The molecule has 1 atom stereocenters. The first-order valence-corrected chi connectivity index (χ1v) is 6.32. The molecule has 1 heterocycles. The standard InChI is InChI=1S/C12H22N2O2/c1-2-3-4-5-6-7-8-10-9-11(15)13-14-12(10)16/h10H,2-9H2,1H3,(H,13,15)(H,14,16). The molecule has 1 aliphatic heterocycles. The maximum Gasteiger partial charge on any atom is 0.242 e. The molecule has 0 spiro atoms. The number of hydrazine groups is 1. The largest absolute Gasteiger partial charge is 0.273 e. The summed E-state index contributed by atoms with van der Waals surface area (Å²) >= 11 is 0. The fraction of sp³-hybridized carbons (Fsp3) is 0.833. The number of hydrogen-bond donors (Lipinski definition) is 2. The molecule has 16 heavy (non-hydrogen) atoms. The molecule has 0 radical (unpaired) electrons. The highest BCUT2D eigenvalue weighted by Crippen LogP contribution is 2.17. The summed E-state index contributed by atoms with van der Waals surface area (Å²) in [7, 11) is 0. The van der Waals surface area contributed by atoms with E-state index in [1.165, 1.54) is 32.1 Å². The summed E-state index contributed by atoms with van der Waals surface area (Å²) in [6.45, 7) is 2.20. The first-order valence-electron chi connectivity index (χ1n) is 6.32. The van der Waals surface area contributed by atoms with Crippen LogP contribution in [0.3, 0.4) is 0 Å². The van der Waals surface area contributed by atoms with Crippen molar-refractivity contribution in [1.82, 2.24) is 10.9 Å². The molecule has 1 rings (SSSR count). The SMILES string of the molecule is CCCCCCCCC1CC(=O)NNC1=O. The average molecular weight is 226 g/mol. The number of hydrogen-bond acceptors (Lipinski definition) is 2. The van der Waals surface area contributed by atoms with Crippen molar-refractivity contribution in [2.75, 3.05) is 0 Å². The number of nitrogens with one attached hydrogen (secondary N) is 2. The second kappa shape index (κ2) is 7.25. The molecule has 0 bridgehead atoms. The highest BCUT2D eigenvalue weighted by Gasteiger charge is 2.25. The number of carbonyl (C=O) groups is 2. The van der Waals surface area contributed by atoms with Crippen LogP contribution in [0.15, 0.2) is 0 Å². The molecule has 0 aromatic rings. The monoisotopic (exact) mass is 226 g/mol. The predicted octanol–water partition coefficient (Wildman–Crippen LogP) is 1.90. The van der Waals surface area contributed by atoms with E-state index in [9.17, 15) is 9.59 Å². The van der Waals surface area contributed by atoms with E-state index in [1.807, 2.05) is 0 Å². The van der Waals surface area contributed by atoms with E-state index in [-0.39, 0.29) is 17.7 Å². The third-order valence-electron chi connectivity index (χ3n) is 3.03. The normalized spacial score (nSPS) is 20.4. The van der Waals surface area contributed by atoms with Crippen molar-refractivity contribution in [2.24, 2.45) is 5.92 Å². The highest BCUT2D eigenvalue weighted by atomic mass is 16.2. The van der Waals surface area contributed by atoms with Crippen molar-refractivity contribution in [3.63, 3.8) is 0 Å². The van der Waals surface area contributed by atoms with Gasteiger partial charge in [0.1, 0.15) is 0 Å². The van der Waals surface area contributed by atoms with Crippen LogP contribution in [0.2, 0.25) is 0 Å². The summed E-state index contributed by atoms with van der Waals surface area (Å²) in [5.41, 5.74) is 4.75. The quantitative estimate of drug-likeness (QED) is 0.651. The number of amides is 2. The van der Waals surface area contributed by atoms with Gasteiger partial charge in [0, 0.05) is 12.3 Å². The van der Waals surface area contributed by atoms with Crippen molar-refractivity contribution in [1.29, 1.82) is 0 Å². The number of unbranched alkanes of at least 4 members (excludes halogenated alkanes) is 5. The van der Waals surface area contributed by atoms with E-state index < -0.39 is 0 Å². The molecule has 92 valence electrons. The van der Waals surface area contributed by atoms with E-state index in [4.69, 9.17) is 0 Å². The Morgan fingerprint density at radius 1 is 1.06 bits per heavy atom. The van der Waals surface area contributed by atoms with Crippen LogP contribution < -0.4 is 10.9 Å². The van der Waals surface area contributed by atoms with Crippen LogP contribution in [0.4, 0.5) is 0 Å². The molecule has 4 nitrogen and oxygen atoms in total. The minimum absolute atomic E-state index is 0.0341. The molecule has 4 heteroatoms. The lowest BCUT2D eigenvalue weighted by Crippen LogP contribution is -2.50.